The molecule has 3 aromatic carbocycles. The Labute approximate surface area is 146 Å². The van der Waals surface area contributed by atoms with Gasteiger partial charge in [-0.2, -0.15) is 0 Å². The molecular weight excluding hydrogens is 315 g/mol. The normalized spacial score (nSPS) is 10.8. The van der Waals surface area contributed by atoms with Crippen molar-refractivity contribution in [1.29, 1.82) is 0 Å². The smallest absolute Gasteiger partial charge is 0.185 e. The van der Waals surface area contributed by atoms with Gasteiger partial charge in [0.05, 0.1) is 7.11 Å². The van der Waals surface area contributed by atoms with Gasteiger partial charge < -0.3 is 4.74 Å². The van der Waals surface area contributed by atoms with Gasteiger partial charge in [-0.1, -0.05) is 42.5 Å². The van der Waals surface area contributed by atoms with Crippen LogP contribution in [0, 0.1) is 5.82 Å². The zero-order chi connectivity index (χ0) is 17.6. The first-order valence-electron chi connectivity index (χ1n) is 7.89. The van der Waals surface area contributed by atoms with Crippen molar-refractivity contribution in [3.63, 3.8) is 0 Å². The number of ether oxygens (including phenoxy) is 1. The maximum absolute atomic E-state index is 13.1. The fourth-order valence-corrected chi connectivity index (χ4v) is 2.55. The molecule has 0 fully saturated rings. The summed E-state index contributed by atoms with van der Waals surface area (Å²) in [5.41, 5.74) is 3.34. The lowest BCUT2D eigenvalue weighted by molar-refractivity contribution is 0.104. The van der Waals surface area contributed by atoms with Crippen molar-refractivity contribution < 1.29 is 13.9 Å². The standard InChI is InChI=1S/C22H17FO2/c1-25-20-13-8-18(9-14-20)22(24)15-10-16-4-2-3-5-21(16)17-6-11-19(23)12-7-17/h2-15H,1H3/b15-10+. The molecule has 25 heavy (non-hydrogen) atoms. The summed E-state index contributed by atoms with van der Waals surface area (Å²) in [5, 5.41) is 0. The van der Waals surface area contributed by atoms with Crippen LogP contribution in [-0.4, -0.2) is 12.9 Å². The second kappa shape index (κ2) is 7.58. The predicted octanol–water partition coefficient (Wildman–Crippen LogP) is 5.40. The summed E-state index contributed by atoms with van der Waals surface area (Å²) in [6.07, 6.45) is 3.33. The van der Waals surface area contributed by atoms with Crippen LogP contribution in [0.2, 0.25) is 0 Å². The number of rotatable bonds is 5. The fraction of sp³-hybridized carbons (Fsp3) is 0.0455. The number of carbonyl (C=O) groups is 1. The van der Waals surface area contributed by atoms with Gasteiger partial charge in [0, 0.05) is 5.56 Å². The molecule has 0 heterocycles. The number of methoxy groups -OCH3 is 1. The van der Waals surface area contributed by atoms with Gasteiger partial charge in [-0.3, -0.25) is 4.79 Å². The van der Waals surface area contributed by atoms with E-state index in [9.17, 15) is 9.18 Å². The van der Waals surface area contributed by atoms with Gasteiger partial charge in [0.1, 0.15) is 11.6 Å². The summed E-state index contributed by atoms with van der Waals surface area (Å²) >= 11 is 0. The van der Waals surface area contributed by atoms with E-state index < -0.39 is 0 Å². The minimum Gasteiger partial charge on any atom is -0.497 e. The molecule has 0 saturated carbocycles. The molecule has 2 nitrogen and oxygen atoms in total. The molecule has 0 amide bonds. The summed E-state index contributed by atoms with van der Waals surface area (Å²) < 4.78 is 18.2. The summed E-state index contributed by atoms with van der Waals surface area (Å²) in [6.45, 7) is 0. The van der Waals surface area contributed by atoms with Crippen LogP contribution in [0.4, 0.5) is 4.39 Å². The highest BCUT2D eigenvalue weighted by atomic mass is 19.1. The minimum absolute atomic E-state index is 0.0865. The highest BCUT2D eigenvalue weighted by Crippen LogP contribution is 2.25. The molecular formula is C22H17FO2. The van der Waals surface area contributed by atoms with Crippen molar-refractivity contribution in [2.24, 2.45) is 0 Å². The number of hydrogen-bond donors (Lipinski definition) is 0. The topological polar surface area (TPSA) is 26.3 Å². The third-order valence-corrected chi connectivity index (χ3v) is 3.90. The van der Waals surface area contributed by atoms with E-state index in [0.29, 0.717) is 11.3 Å². The van der Waals surface area contributed by atoms with E-state index in [1.165, 1.54) is 12.1 Å². The first-order chi connectivity index (χ1) is 12.2. The lowest BCUT2D eigenvalue weighted by Gasteiger charge is -2.06. The molecule has 0 spiro atoms. The summed E-state index contributed by atoms with van der Waals surface area (Å²) in [7, 11) is 1.59. The molecule has 0 radical (unpaired) electrons. The van der Waals surface area contributed by atoms with Crippen molar-refractivity contribution in [2.75, 3.05) is 7.11 Å². The summed E-state index contributed by atoms with van der Waals surface area (Å²) in [4.78, 5) is 12.3. The van der Waals surface area contributed by atoms with E-state index in [1.54, 1.807) is 55.7 Å². The Morgan fingerprint density at radius 3 is 2.28 bits per heavy atom. The third-order valence-electron chi connectivity index (χ3n) is 3.90. The van der Waals surface area contributed by atoms with E-state index in [1.807, 2.05) is 24.3 Å². The molecule has 0 aromatic heterocycles. The highest BCUT2D eigenvalue weighted by Gasteiger charge is 2.05. The molecule has 0 atom stereocenters. The number of hydrogen-bond acceptors (Lipinski definition) is 2. The number of allylic oxidation sites excluding steroid dienone is 1. The minimum atomic E-state index is -0.272. The third kappa shape index (κ3) is 4.01. The van der Waals surface area contributed by atoms with Crippen molar-refractivity contribution >= 4 is 11.9 Å². The van der Waals surface area contributed by atoms with Crippen LogP contribution in [0.5, 0.6) is 5.75 Å². The van der Waals surface area contributed by atoms with Crippen LogP contribution in [0.25, 0.3) is 17.2 Å². The predicted molar refractivity (Wildman–Crippen MR) is 98.2 cm³/mol. The summed E-state index contributed by atoms with van der Waals surface area (Å²) in [5.74, 6) is 0.352. The first-order valence-corrected chi connectivity index (χ1v) is 7.89. The Kier molecular flexibility index (Phi) is 5.05. The second-order valence-corrected chi connectivity index (χ2v) is 5.52. The molecule has 0 N–H and O–H groups in total. The van der Waals surface area contributed by atoms with Gasteiger partial charge in [-0.25, -0.2) is 4.39 Å². The van der Waals surface area contributed by atoms with Crippen molar-refractivity contribution in [1.82, 2.24) is 0 Å². The number of halogens is 1. The van der Waals surface area contributed by atoms with Gasteiger partial charge in [-0.15, -0.1) is 0 Å². The van der Waals surface area contributed by atoms with Crippen LogP contribution < -0.4 is 4.74 Å². The SMILES string of the molecule is COc1ccc(C(=O)/C=C/c2ccccc2-c2ccc(F)cc2)cc1. The molecule has 0 saturated heterocycles. The molecule has 0 aliphatic heterocycles. The molecule has 3 aromatic rings. The van der Waals surface area contributed by atoms with Gasteiger partial charge in [0.25, 0.3) is 0 Å². The Morgan fingerprint density at radius 2 is 1.60 bits per heavy atom. The molecule has 3 heteroatoms. The quantitative estimate of drug-likeness (QED) is 0.462. The zero-order valence-electron chi connectivity index (χ0n) is 13.8. The van der Waals surface area contributed by atoms with Gasteiger partial charge in [0.2, 0.25) is 0 Å². The average Bonchev–Trinajstić information content (AvgIpc) is 2.67. The average molecular weight is 332 g/mol. The molecule has 0 aliphatic carbocycles. The van der Waals surface area contributed by atoms with Crippen LogP contribution >= 0.6 is 0 Å². The Morgan fingerprint density at radius 1 is 0.920 bits per heavy atom. The first kappa shape index (κ1) is 16.7. The lowest BCUT2D eigenvalue weighted by atomic mass is 9.99. The fourth-order valence-electron chi connectivity index (χ4n) is 2.55. The van der Waals surface area contributed by atoms with E-state index >= 15 is 0 Å². The van der Waals surface area contributed by atoms with E-state index in [2.05, 4.69) is 0 Å². The van der Waals surface area contributed by atoms with Crippen molar-refractivity contribution in [3.8, 4) is 16.9 Å². The Bertz CT molecular complexity index is 894. The Hall–Kier alpha value is -3.20. The lowest BCUT2D eigenvalue weighted by Crippen LogP contribution is -1.94. The maximum atomic E-state index is 13.1. The van der Waals surface area contributed by atoms with E-state index in [0.717, 1.165) is 16.7 Å². The molecule has 3 rings (SSSR count). The van der Waals surface area contributed by atoms with Crippen LogP contribution in [0.1, 0.15) is 15.9 Å². The van der Waals surface area contributed by atoms with E-state index in [4.69, 9.17) is 4.74 Å². The molecule has 124 valence electrons. The van der Waals surface area contributed by atoms with Gasteiger partial charge in [-0.05, 0) is 59.2 Å². The Balaban J connectivity index is 1.86. The number of ketones is 1. The second-order valence-electron chi connectivity index (χ2n) is 5.52. The zero-order valence-corrected chi connectivity index (χ0v) is 13.8. The molecule has 0 aliphatic rings. The van der Waals surface area contributed by atoms with Crippen molar-refractivity contribution in [2.45, 2.75) is 0 Å². The van der Waals surface area contributed by atoms with Crippen LogP contribution in [-0.2, 0) is 0 Å². The maximum Gasteiger partial charge on any atom is 0.185 e. The molecule has 0 unspecified atom stereocenters. The molecule has 0 bridgehead atoms. The van der Waals surface area contributed by atoms with Gasteiger partial charge in [0.15, 0.2) is 5.78 Å². The number of benzene rings is 3. The van der Waals surface area contributed by atoms with Crippen LogP contribution in [0.15, 0.2) is 78.9 Å². The largest absolute Gasteiger partial charge is 0.497 e. The summed E-state index contributed by atoms with van der Waals surface area (Å²) in [6, 6.07) is 21.0. The number of carbonyl (C=O) groups excluding carboxylic acids is 1. The van der Waals surface area contributed by atoms with E-state index in [-0.39, 0.29) is 11.6 Å². The monoisotopic (exact) mass is 332 g/mol. The highest BCUT2D eigenvalue weighted by molar-refractivity contribution is 6.07. The van der Waals surface area contributed by atoms with Gasteiger partial charge >= 0.3 is 0 Å². The van der Waals surface area contributed by atoms with Crippen molar-refractivity contribution in [3.05, 3.63) is 95.8 Å². The van der Waals surface area contributed by atoms with Crippen LogP contribution in [0.3, 0.4) is 0 Å².